The summed E-state index contributed by atoms with van der Waals surface area (Å²) in [6, 6.07) is 7.28. The highest BCUT2D eigenvalue weighted by molar-refractivity contribution is 5.62. The van der Waals surface area contributed by atoms with Gasteiger partial charge in [0, 0.05) is 18.8 Å². The smallest absolute Gasteiger partial charge is 0.126 e. The lowest BCUT2D eigenvalue weighted by atomic mass is 10.1. The van der Waals surface area contributed by atoms with Crippen LogP contribution in [0.15, 0.2) is 36.7 Å². The second kappa shape index (κ2) is 5.16. The Morgan fingerprint density at radius 3 is 2.62 bits per heavy atom. The number of aromatic nitrogens is 4. The summed E-state index contributed by atoms with van der Waals surface area (Å²) in [5.41, 5.74) is 4.47. The molecule has 0 fully saturated rings. The van der Waals surface area contributed by atoms with Crippen molar-refractivity contribution in [2.24, 2.45) is 7.05 Å². The van der Waals surface area contributed by atoms with E-state index in [0.29, 0.717) is 12.1 Å². The SMILES string of the molecule is Cc1cc(Cn2cc(-c3ccc(C)c(F)c3)cn2)n(C)n1. The largest absolute Gasteiger partial charge is 0.270 e. The molecule has 0 unspecified atom stereocenters. The topological polar surface area (TPSA) is 35.6 Å². The van der Waals surface area contributed by atoms with Crippen LogP contribution in [0, 0.1) is 19.7 Å². The molecule has 108 valence electrons. The molecule has 0 aliphatic rings. The van der Waals surface area contributed by atoms with Gasteiger partial charge in [0.15, 0.2) is 0 Å². The van der Waals surface area contributed by atoms with E-state index in [-0.39, 0.29) is 5.82 Å². The van der Waals surface area contributed by atoms with Crippen molar-refractivity contribution < 1.29 is 4.39 Å². The maximum absolute atomic E-state index is 13.6. The van der Waals surface area contributed by atoms with Gasteiger partial charge in [0.05, 0.1) is 24.1 Å². The minimum absolute atomic E-state index is 0.192. The van der Waals surface area contributed by atoms with E-state index >= 15 is 0 Å². The number of benzene rings is 1. The van der Waals surface area contributed by atoms with E-state index in [0.717, 1.165) is 22.5 Å². The van der Waals surface area contributed by atoms with Gasteiger partial charge in [-0.3, -0.25) is 9.36 Å². The molecule has 0 aliphatic heterocycles. The molecule has 0 bridgehead atoms. The number of hydrogen-bond acceptors (Lipinski definition) is 2. The highest BCUT2D eigenvalue weighted by atomic mass is 19.1. The average molecular weight is 284 g/mol. The number of halogens is 1. The summed E-state index contributed by atoms with van der Waals surface area (Å²) in [6.07, 6.45) is 3.68. The quantitative estimate of drug-likeness (QED) is 0.741. The van der Waals surface area contributed by atoms with Crippen LogP contribution in [0.3, 0.4) is 0 Å². The third kappa shape index (κ3) is 2.72. The molecule has 1 aromatic carbocycles. The molecular formula is C16H17FN4. The van der Waals surface area contributed by atoms with Crippen molar-refractivity contribution in [1.29, 1.82) is 0 Å². The van der Waals surface area contributed by atoms with Gasteiger partial charge in [-0.1, -0.05) is 12.1 Å². The molecule has 2 aromatic heterocycles. The number of aryl methyl sites for hydroxylation is 3. The van der Waals surface area contributed by atoms with Gasteiger partial charge in [-0.15, -0.1) is 0 Å². The Morgan fingerprint density at radius 2 is 1.95 bits per heavy atom. The minimum atomic E-state index is -0.192. The van der Waals surface area contributed by atoms with Gasteiger partial charge in [-0.05, 0) is 37.1 Å². The van der Waals surface area contributed by atoms with Crippen molar-refractivity contribution in [3.8, 4) is 11.1 Å². The van der Waals surface area contributed by atoms with Crippen LogP contribution < -0.4 is 0 Å². The Labute approximate surface area is 122 Å². The van der Waals surface area contributed by atoms with Gasteiger partial charge in [0.1, 0.15) is 5.82 Å². The molecule has 0 spiro atoms. The molecule has 0 saturated carbocycles. The zero-order valence-corrected chi connectivity index (χ0v) is 12.3. The zero-order chi connectivity index (χ0) is 15.0. The van der Waals surface area contributed by atoms with Crippen molar-refractivity contribution in [1.82, 2.24) is 19.6 Å². The van der Waals surface area contributed by atoms with Crippen molar-refractivity contribution in [2.75, 3.05) is 0 Å². The summed E-state index contributed by atoms with van der Waals surface area (Å²) in [5, 5.41) is 8.66. The summed E-state index contributed by atoms with van der Waals surface area (Å²) < 4.78 is 17.3. The summed E-state index contributed by atoms with van der Waals surface area (Å²) in [5.74, 6) is -0.192. The van der Waals surface area contributed by atoms with Crippen molar-refractivity contribution in [2.45, 2.75) is 20.4 Å². The Hall–Kier alpha value is -2.43. The van der Waals surface area contributed by atoms with Crippen molar-refractivity contribution >= 4 is 0 Å². The first-order valence-corrected chi connectivity index (χ1v) is 6.81. The minimum Gasteiger partial charge on any atom is -0.270 e. The molecular weight excluding hydrogens is 267 g/mol. The first-order valence-electron chi connectivity index (χ1n) is 6.81. The predicted molar refractivity (Wildman–Crippen MR) is 79.4 cm³/mol. The maximum atomic E-state index is 13.6. The molecule has 5 heteroatoms. The molecule has 0 atom stereocenters. The van der Waals surface area contributed by atoms with Gasteiger partial charge < -0.3 is 0 Å². The molecule has 2 heterocycles. The molecule has 21 heavy (non-hydrogen) atoms. The summed E-state index contributed by atoms with van der Waals surface area (Å²) in [7, 11) is 1.92. The fraction of sp³-hybridized carbons (Fsp3) is 0.250. The Kier molecular flexibility index (Phi) is 3.33. The maximum Gasteiger partial charge on any atom is 0.126 e. The lowest BCUT2D eigenvalue weighted by Gasteiger charge is -2.02. The van der Waals surface area contributed by atoms with E-state index < -0.39 is 0 Å². The van der Waals surface area contributed by atoms with Crippen LogP contribution in [0.5, 0.6) is 0 Å². The standard InChI is InChI=1S/C16H17FN4/c1-11-4-5-13(7-16(11)17)14-8-18-21(9-14)10-15-6-12(2)19-20(15)3/h4-9H,10H2,1-3H3. The summed E-state index contributed by atoms with van der Waals surface area (Å²) in [4.78, 5) is 0. The Balaban J connectivity index is 1.86. The van der Waals surface area contributed by atoms with Crippen LogP contribution in [0.4, 0.5) is 4.39 Å². The van der Waals surface area contributed by atoms with Gasteiger partial charge in [0.2, 0.25) is 0 Å². The van der Waals surface area contributed by atoms with Crippen LogP contribution in [-0.4, -0.2) is 19.6 Å². The first kappa shape index (κ1) is 13.5. The van der Waals surface area contributed by atoms with E-state index in [9.17, 15) is 4.39 Å². The second-order valence-corrected chi connectivity index (χ2v) is 5.29. The zero-order valence-electron chi connectivity index (χ0n) is 12.3. The Bertz CT molecular complexity index is 785. The van der Waals surface area contributed by atoms with Crippen LogP contribution in [0.2, 0.25) is 0 Å². The van der Waals surface area contributed by atoms with Gasteiger partial charge >= 0.3 is 0 Å². The van der Waals surface area contributed by atoms with Crippen LogP contribution in [0.1, 0.15) is 17.0 Å². The normalized spacial score (nSPS) is 11.0. The molecule has 0 saturated heterocycles. The molecule has 0 radical (unpaired) electrons. The monoisotopic (exact) mass is 284 g/mol. The summed E-state index contributed by atoms with van der Waals surface area (Å²) >= 11 is 0. The van der Waals surface area contributed by atoms with Gasteiger partial charge in [-0.25, -0.2) is 4.39 Å². The number of nitrogens with zero attached hydrogens (tertiary/aromatic N) is 4. The molecule has 3 rings (SSSR count). The predicted octanol–water partition coefficient (Wildman–Crippen LogP) is 3.09. The molecule has 0 N–H and O–H groups in total. The third-order valence-corrected chi connectivity index (χ3v) is 3.56. The fourth-order valence-electron chi connectivity index (χ4n) is 2.35. The first-order chi connectivity index (χ1) is 10.0. The summed E-state index contributed by atoms with van der Waals surface area (Å²) in [6.45, 7) is 4.37. The number of rotatable bonds is 3. The molecule has 3 aromatic rings. The van der Waals surface area contributed by atoms with Crippen LogP contribution in [-0.2, 0) is 13.6 Å². The van der Waals surface area contributed by atoms with E-state index in [1.807, 2.05) is 41.7 Å². The molecule has 0 amide bonds. The highest BCUT2D eigenvalue weighted by Gasteiger charge is 2.07. The molecule has 0 aliphatic carbocycles. The highest BCUT2D eigenvalue weighted by Crippen LogP contribution is 2.21. The third-order valence-electron chi connectivity index (χ3n) is 3.56. The van der Waals surface area contributed by atoms with Gasteiger partial charge in [-0.2, -0.15) is 10.2 Å². The average Bonchev–Trinajstić information content (AvgIpc) is 3.01. The van der Waals surface area contributed by atoms with Crippen LogP contribution >= 0.6 is 0 Å². The van der Waals surface area contributed by atoms with E-state index in [2.05, 4.69) is 10.2 Å². The van der Waals surface area contributed by atoms with Gasteiger partial charge in [0.25, 0.3) is 0 Å². The number of hydrogen-bond donors (Lipinski definition) is 0. The van der Waals surface area contributed by atoms with E-state index in [1.165, 1.54) is 0 Å². The lowest BCUT2D eigenvalue weighted by Crippen LogP contribution is -2.05. The van der Waals surface area contributed by atoms with Crippen molar-refractivity contribution in [3.63, 3.8) is 0 Å². The Morgan fingerprint density at radius 1 is 1.14 bits per heavy atom. The van der Waals surface area contributed by atoms with E-state index in [4.69, 9.17) is 0 Å². The second-order valence-electron chi connectivity index (χ2n) is 5.29. The van der Waals surface area contributed by atoms with E-state index in [1.54, 1.807) is 25.3 Å². The fourth-order valence-corrected chi connectivity index (χ4v) is 2.35. The van der Waals surface area contributed by atoms with Crippen molar-refractivity contribution in [3.05, 3.63) is 59.4 Å². The van der Waals surface area contributed by atoms with Crippen LogP contribution in [0.25, 0.3) is 11.1 Å². The lowest BCUT2D eigenvalue weighted by molar-refractivity contribution is 0.618. The molecule has 4 nitrogen and oxygen atoms in total.